The fourth-order valence-corrected chi connectivity index (χ4v) is 3.55. The van der Waals surface area contributed by atoms with E-state index in [-0.39, 0.29) is 5.91 Å². The van der Waals surface area contributed by atoms with E-state index in [0.717, 1.165) is 36.3 Å². The Labute approximate surface area is 169 Å². The summed E-state index contributed by atoms with van der Waals surface area (Å²) in [5, 5.41) is 7.08. The van der Waals surface area contributed by atoms with Gasteiger partial charge in [-0.25, -0.2) is 9.48 Å². The molecule has 6 heteroatoms. The Balaban J connectivity index is 1.37. The van der Waals surface area contributed by atoms with Crippen molar-refractivity contribution in [2.75, 3.05) is 5.32 Å². The Morgan fingerprint density at radius 2 is 1.83 bits per heavy atom. The molecule has 2 aromatic carbocycles. The Kier molecular flexibility index (Phi) is 5.16. The number of amides is 1. The number of rotatable bonds is 5. The Morgan fingerprint density at radius 3 is 2.55 bits per heavy atom. The minimum atomic E-state index is -0.899. The summed E-state index contributed by atoms with van der Waals surface area (Å²) >= 11 is 0. The van der Waals surface area contributed by atoms with Gasteiger partial charge in [0.05, 0.1) is 11.3 Å². The van der Waals surface area contributed by atoms with Crippen LogP contribution in [0.15, 0.2) is 54.7 Å². The van der Waals surface area contributed by atoms with Gasteiger partial charge >= 0.3 is 5.97 Å². The maximum absolute atomic E-state index is 12.4. The van der Waals surface area contributed by atoms with Crippen LogP contribution in [-0.4, -0.2) is 27.8 Å². The SMILES string of the molecule is Cc1ccnn1-c1ccc(C(=O)O[C@@H](C)C(=O)Nc2ccc3c(c2)CCC3)cc1. The standard InChI is InChI=1S/C23H23N3O3/c1-15-12-13-24-26(15)21-10-7-18(8-11-21)23(28)29-16(2)22(27)25-20-9-6-17-4-3-5-19(17)14-20/h6-14,16H,3-5H2,1-2H3,(H,25,27)/t16-/m0/s1. The van der Waals surface area contributed by atoms with Gasteiger partial charge in [-0.2, -0.15) is 5.10 Å². The molecule has 29 heavy (non-hydrogen) atoms. The van der Waals surface area contributed by atoms with E-state index in [1.807, 2.05) is 25.1 Å². The number of hydrogen-bond donors (Lipinski definition) is 1. The first-order chi connectivity index (χ1) is 14.0. The van der Waals surface area contributed by atoms with Crippen molar-refractivity contribution in [1.29, 1.82) is 0 Å². The largest absolute Gasteiger partial charge is 0.449 e. The van der Waals surface area contributed by atoms with E-state index < -0.39 is 12.1 Å². The van der Waals surface area contributed by atoms with E-state index >= 15 is 0 Å². The molecule has 6 nitrogen and oxygen atoms in total. The lowest BCUT2D eigenvalue weighted by atomic mass is 10.1. The van der Waals surface area contributed by atoms with Gasteiger partial charge in [0, 0.05) is 17.6 Å². The van der Waals surface area contributed by atoms with Crippen molar-refractivity contribution < 1.29 is 14.3 Å². The number of hydrogen-bond acceptors (Lipinski definition) is 4. The van der Waals surface area contributed by atoms with Crippen molar-refractivity contribution in [2.24, 2.45) is 0 Å². The second-order valence-corrected chi connectivity index (χ2v) is 7.31. The monoisotopic (exact) mass is 389 g/mol. The highest BCUT2D eigenvalue weighted by Crippen LogP contribution is 2.25. The zero-order chi connectivity index (χ0) is 20.4. The molecule has 1 N–H and O–H groups in total. The fourth-order valence-electron chi connectivity index (χ4n) is 3.55. The molecule has 0 fully saturated rings. The number of benzene rings is 2. The molecule has 0 spiro atoms. The molecule has 148 valence electrons. The summed E-state index contributed by atoms with van der Waals surface area (Å²) in [5.41, 5.74) is 5.59. The molecule has 1 aromatic heterocycles. The second-order valence-electron chi connectivity index (χ2n) is 7.31. The van der Waals surface area contributed by atoms with Crippen LogP contribution in [0, 0.1) is 6.92 Å². The van der Waals surface area contributed by atoms with Gasteiger partial charge in [0.1, 0.15) is 0 Å². The topological polar surface area (TPSA) is 73.2 Å². The minimum Gasteiger partial charge on any atom is -0.449 e. The van der Waals surface area contributed by atoms with E-state index in [4.69, 9.17) is 4.74 Å². The van der Waals surface area contributed by atoms with Gasteiger partial charge in [0.25, 0.3) is 5.91 Å². The van der Waals surface area contributed by atoms with Crippen molar-refractivity contribution >= 4 is 17.6 Å². The van der Waals surface area contributed by atoms with Gasteiger partial charge in [0.2, 0.25) is 0 Å². The normalized spacial score (nSPS) is 13.6. The Hall–Kier alpha value is -3.41. The van der Waals surface area contributed by atoms with E-state index in [9.17, 15) is 9.59 Å². The first-order valence-electron chi connectivity index (χ1n) is 9.76. The average Bonchev–Trinajstić information content (AvgIpc) is 3.36. The smallest absolute Gasteiger partial charge is 0.338 e. The fraction of sp³-hybridized carbons (Fsp3) is 0.261. The van der Waals surface area contributed by atoms with Gasteiger partial charge in [-0.1, -0.05) is 6.07 Å². The molecule has 0 unspecified atom stereocenters. The molecule has 3 aromatic rings. The van der Waals surface area contributed by atoms with Crippen molar-refractivity contribution in [3.8, 4) is 5.69 Å². The zero-order valence-corrected chi connectivity index (χ0v) is 16.5. The predicted molar refractivity (Wildman–Crippen MR) is 110 cm³/mol. The Morgan fingerprint density at radius 1 is 1.07 bits per heavy atom. The predicted octanol–water partition coefficient (Wildman–Crippen LogP) is 3.85. The van der Waals surface area contributed by atoms with Gasteiger partial charge in [0.15, 0.2) is 6.10 Å². The number of carbonyl (C=O) groups is 2. The van der Waals surface area contributed by atoms with Crippen molar-refractivity contribution in [3.63, 3.8) is 0 Å². The summed E-state index contributed by atoms with van der Waals surface area (Å²) in [6, 6.07) is 14.8. The van der Waals surface area contributed by atoms with E-state index in [1.54, 1.807) is 42.1 Å². The summed E-state index contributed by atoms with van der Waals surface area (Å²) in [5.74, 6) is -0.884. The van der Waals surface area contributed by atoms with Gasteiger partial charge < -0.3 is 10.1 Å². The zero-order valence-electron chi connectivity index (χ0n) is 16.5. The van der Waals surface area contributed by atoms with Crippen molar-refractivity contribution in [3.05, 3.63) is 77.1 Å². The molecule has 1 aliphatic rings. The first kappa shape index (κ1) is 18.9. The lowest BCUT2D eigenvalue weighted by Gasteiger charge is -2.14. The quantitative estimate of drug-likeness (QED) is 0.673. The maximum Gasteiger partial charge on any atom is 0.338 e. The van der Waals surface area contributed by atoms with Crippen LogP contribution in [0.4, 0.5) is 5.69 Å². The van der Waals surface area contributed by atoms with Gasteiger partial charge in [-0.05, 0) is 86.7 Å². The van der Waals surface area contributed by atoms with Gasteiger partial charge in [-0.3, -0.25) is 4.79 Å². The summed E-state index contributed by atoms with van der Waals surface area (Å²) in [4.78, 5) is 24.8. The van der Waals surface area contributed by atoms with Crippen LogP contribution in [0.1, 0.15) is 40.5 Å². The number of aromatic nitrogens is 2. The summed E-state index contributed by atoms with van der Waals surface area (Å²) in [6.07, 6.45) is 4.11. The highest BCUT2D eigenvalue weighted by Gasteiger charge is 2.20. The van der Waals surface area contributed by atoms with Crippen molar-refractivity contribution in [1.82, 2.24) is 9.78 Å². The molecule has 4 rings (SSSR count). The molecular weight excluding hydrogens is 366 g/mol. The third kappa shape index (κ3) is 4.06. The molecule has 1 amide bonds. The molecule has 1 aliphatic carbocycles. The summed E-state index contributed by atoms with van der Waals surface area (Å²) in [7, 11) is 0. The molecular formula is C23H23N3O3. The number of nitrogens with one attached hydrogen (secondary N) is 1. The molecule has 0 saturated carbocycles. The highest BCUT2D eigenvalue weighted by atomic mass is 16.5. The van der Waals surface area contributed by atoms with Crippen LogP contribution in [0.2, 0.25) is 0 Å². The van der Waals surface area contributed by atoms with Gasteiger partial charge in [-0.15, -0.1) is 0 Å². The lowest BCUT2D eigenvalue weighted by Crippen LogP contribution is -2.30. The van der Waals surface area contributed by atoms with Crippen LogP contribution >= 0.6 is 0 Å². The maximum atomic E-state index is 12.4. The third-order valence-corrected chi connectivity index (χ3v) is 5.20. The van der Waals surface area contributed by atoms with Crippen LogP contribution in [0.5, 0.6) is 0 Å². The minimum absolute atomic E-state index is 0.347. The Bertz CT molecular complexity index is 1050. The number of carbonyl (C=O) groups excluding carboxylic acids is 2. The number of fused-ring (bicyclic) bond motifs is 1. The molecule has 0 radical (unpaired) electrons. The second kappa shape index (κ2) is 7.91. The first-order valence-corrected chi connectivity index (χ1v) is 9.76. The molecule has 0 saturated heterocycles. The summed E-state index contributed by atoms with van der Waals surface area (Å²) < 4.78 is 7.12. The summed E-state index contributed by atoms with van der Waals surface area (Å²) in [6.45, 7) is 3.53. The van der Waals surface area contributed by atoms with E-state index in [0.29, 0.717) is 5.56 Å². The van der Waals surface area contributed by atoms with E-state index in [2.05, 4.69) is 16.5 Å². The van der Waals surface area contributed by atoms with Crippen molar-refractivity contribution in [2.45, 2.75) is 39.2 Å². The number of aryl methyl sites for hydroxylation is 3. The molecule has 0 bridgehead atoms. The number of esters is 1. The van der Waals surface area contributed by atoms with Crippen LogP contribution in [0.25, 0.3) is 5.69 Å². The third-order valence-electron chi connectivity index (χ3n) is 5.20. The highest BCUT2D eigenvalue weighted by molar-refractivity contribution is 5.97. The molecule has 1 heterocycles. The van der Waals surface area contributed by atoms with Crippen LogP contribution in [-0.2, 0) is 22.4 Å². The number of ether oxygens (including phenoxy) is 1. The number of nitrogens with zero attached hydrogens (tertiary/aromatic N) is 2. The average molecular weight is 389 g/mol. The lowest BCUT2D eigenvalue weighted by molar-refractivity contribution is -0.123. The van der Waals surface area contributed by atoms with Crippen LogP contribution < -0.4 is 5.32 Å². The number of anilines is 1. The molecule has 0 aliphatic heterocycles. The molecule has 1 atom stereocenters. The van der Waals surface area contributed by atoms with E-state index in [1.165, 1.54) is 11.1 Å². The van der Waals surface area contributed by atoms with Crippen LogP contribution in [0.3, 0.4) is 0 Å².